The van der Waals surface area contributed by atoms with E-state index in [-0.39, 0.29) is 6.42 Å². The zero-order chi connectivity index (χ0) is 16.5. The van der Waals surface area contributed by atoms with Crippen molar-refractivity contribution in [2.45, 2.75) is 44.8 Å². The number of amides is 1. The third-order valence-electron chi connectivity index (χ3n) is 2.82. The molecule has 21 heavy (non-hydrogen) atoms. The molecule has 0 aromatic carbocycles. The van der Waals surface area contributed by atoms with Crippen LogP contribution in [0.2, 0.25) is 0 Å². The third-order valence-corrected chi connectivity index (χ3v) is 3.92. The number of thioether (sulfide) groups is 1. The zero-order valence-electron chi connectivity index (χ0n) is 12.0. The molecule has 0 heterocycles. The van der Waals surface area contributed by atoms with Gasteiger partial charge < -0.3 is 15.5 Å². The second-order valence-electron chi connectivity index (χ2n) is 4.55. The molecule has 0 aliphatic rings. The molecule has 0 radical (unpaired) electrons. The zero-order valence-corrected chi connectivity index (χ0v) is 12.8. The highest BCUT2D eigenvalue weighted by atomic mass is 32.2. The van der Waals surface area contributed by atoms with Gasteiger partial charge in [0.2, 0.25) is 0 Å². The molecular weight excluding hydrogens is 302 g/mol. The van der Waals surface area contributed by atoms with Crippen LogP contribution in [0.25, 0.3) is 0 Å². The lowest BCUT2D eigenvalue weighted by Crippen LogP contribution is -2.56. The van der Waals surface area contributed by atoms with E-state index in [2.05, 4.69) is 10.2 Å². The van der Waals surface area contributed by atoms with Crippen LogP contribution >= 0.6 is 11.8 Å². The van der Waals surface area contributed by atoms with Gasteiger partial charge in [0, 0.05) is 0 Å². The Labute approximate surface area is 126 Å². The fourth-order valence-corrected chi connectivity index (χ4v) is 2.38. The number of nitrogens with one attached hydrogen (secondary N) is 1. The van der Waals surface area contributed by atoms with Crippen molar-refractivity contribution in [2.24, 2.45) is 0 Å². The second-order valence-corrected chi connectivity index (χ2v) is 5.77. The van der Waals surface area contributed by atoms with Crippen LogP contribution in [0.4, 0.5) is 0 Å². The minimum atomic E-state index is -2.54. The summed E-state index contributed by atoms with van der Waals surface area (Å²) < 4.78 is 0. The lowest BCUT2D eigenvalue weighted by molar-refractivity contribution is -0.302. The lowest BCUT2D eigenvalue weighted by Gasteiger charge is -2.22. The van der Waals surface area contributed by atoms with Gasteiger partial charge in [0.05, 0.1) is 0 Å². The quantitative estimate of drug-likeness (QED) is 0.190. The van der Waals surface area contributed by atoms with Crippen LogP contribution in [0, 0.1) is 0 Å². The fourth-order valence-electron chi connectivity index (χ4n) is 1.28. The van der Waals surface area contributed by atoms with Crippen molar-refractivity contribution in [3.8, 4) is 0 Å². The maximum Gasteiger partial charge on any atom is 0.349 e. The Morgan fingerprint density at radius 1 is 1.29 bits per heavy atom. The molecule has 0 aromatic heterocycles. The van der Waals surface area contributed by atoms with Gasteiger partial charge in [0.1, 0.15) is 6.04 Å². The van der Waals surface area contributed by atoms with Crippen molar-refractivity contribution in [2.75, 3.05) is 11.5 Å². The molecule has 0 fully saturated rings. The Hall–Kier alpha value is -1.32. The Balaban J connectivity index is 4.53. The number of aliphatic carboxylic acids is 2. The van der Waals surface area contributed by atoms with E-state index in [0.29, 0.717) is 5.75 Å². The van der Waals surface area contributed by atoms with Gasteiger partial charge >= 0.3 is 11.9 Å². The summed E-state index contributed by atoms with van der Waals surface area (Å²) in [5, 5.41) is 28.5. The summed E-state index contributed by atoms with van der Waals surface area (Å²) in [5.74, 6) is -2.80. The standard InChI is InChI=1S/C12H21NO7S/c1-3-4-6-21-7-5-8(9(14)15)13-10(16)12(2,20-19)11(17)18/h8,19H,3-7H2,1-2H3,(H,13,16)(H,14,15)(H,17,18). The average molecular weight is 323 g/mol. The maximum atomic E-state index is 11.7. The van der Waals surface area contributed by atoms with Crippen LogP contribution in [-0.2, 0) is 19.3 Å². The van der Waals surface area contributed by atoms with Crippen molar-refractivity contribution < 1.29 is 34.7 Å². The molecular formula is C12H21NO7S. The molecule has 2 atom stereocenters. The van der Waals surface area contributed by atoms with Gasteiger partial charge in [-0.15, -0.1) is 0 Å². The van der Waals surface area contributed by atoms with Crippen LogP contribution in [0.5, 0.6) is 0 Å². The monoisotopic (exact) mass is 323 g/mol. The highest BCUT2D eigenvalue weighted by molar-refractivity contribution is 7.99. The number of hydrogen-bond donors (Lipinski definition) is 4. The van der Waals surface area contributed by atoms with Crippen LogP contribution in [0.1, 0.15) is 33.1 Å². The molecule has 4 N–H and O–H groups in total. The van der Waals surface area contributed by atoms with E-state index in [1.54, 1.807) is 11.8 Å². The number of carbonyl (C=O) groups excluding carboxylic acids is 1. The summed E-state index contributed by atoms with van der Waals surface area (Å²) in [7, 11) is 0. The van der Waals surface area contributed by atoms with Crippen molar-refractivity contribution in [1.82, 2.24) is 5.32 Å². The summed E-state index contributed by atoms with van der Waals surface area (Å²) in [4.78, 5) is 37.4. The molecule has 0 aliphatic carbocycles. The molecule has 0 saturated carbocycles. The molecule has 9 heteroatoms. The van der Waals surface area contributed by atoms with Crippen molar-refractivity contribution in [3.05, 3.63) is 0 Å². The Morgan fingerprint density at radius 3 is 2.33 bits per heavy atom. The molecule has 2 unspecified atom stereocenters. The number of hydrogen-bond acceptors (Lipinski definition) is 6. The number of carboxylic acids is 2. The van der Waals surface area contributed by atoms with E-state index in [1.165, 1.54) is 0 Å². The van der Waals surface area contributed by atoms with Gasteiger partial charge in [-0.05, 0) is 31.3 Å². The SMILES string of the molecule is CCCCSCCC(NC(=O)C(C)(OO)C(=O)O)C(=O)O. The second kappa shape index (κ2) is 9.59. The van der Waals surface area contributed by atoms with Gasteiger partial charge in [0.15, 0.2) is 0 Å². The van der Waals surface area contributed by atoms with E-state index in [1.807, 2.05) is 6.92 Å². The normalized spacial score (nSPS) is 15.0. The van der Waals surface area contributed by atoms with Crippen LogP contribution in [-0.4, -0.2) is 56.5 Å². The molecule has 0 saturated heterocycles. The first-order chi connectivity index (χ1) is 9.79. The van der Waals surface area contributed by atoms with Crippen LogP contribution < -0.4 is 5.32 Å². The summed E-state index contributed by atoms with van der Waals surface area (Å²) >= 11 is 1.56. The van der Waals surface area contributed by atoms with Gasteiger partial charge in [0.25, 0.3) is 11.5 Å². The largest absolute Gasteiger partial charge is 0.480 e. The van der Waals surface area contributed by atoms with Crippen molar-refractivity contribution >= 4 is 29.6 Å². The summed E-state index contributed by atoms with van der Waals surface area (Å²) in [5.41, 5.74) is -2.54. The minimum absolute atomic E-state index is 0.149. The van der Waals surface area contributed by atoms with Crippen molar-refractivity contribution in [3.63, 3.8) is 0 Å². The Morgan fingerprint density at radius 2 is 1.90 bits per heavy atom. The average Bonchev–Trinajstić information content (AvgIpc) is 2.44. The Bertz CT molecular complexity index is 377. The highest BCUT2D eigenvalue weighted by Crippen LogP contribution is 2.12. The van der Waals surface area contributed by atoms with E-state index in [4.69, 9.17) is 15.5 Å². The molecule has 0 bridgehead atoms. The van der Waals surface area contributed by atoms with Crippen molar-refractivity contribution in [1.29, 1.82) is 0 Å². The van der Waals surface area contributed by atoms with E-state index < -0.39 is 29.5 Å². The minimum Gasteiger partial charge on any atom is -0.480 e. The van der Waals surface area contributed by atoms with E-state index in [9.17, 15) is 14.4 Å². The molecule has 0 spiro atoms. The molecule has 0 rings (SSSR count). The molecule has 122 valence electrons. The summed E-state index contributed by atoms with van der Waals surface area (Å²) in [6, 6.07) is -1.24. The molecule has 8 nitrogen and oxygen atoms in total. The predicted octanol–water partition coefficient (Wildman–Crippen LogP) is 0.812. The smallest absolute Gasteiger partial charge is 0.349 e. The summed E-state index contributed by atoms with van der Waals surface area (Å²) in [6.45, 7) is 2.88. The number of carboxylic acid groups (broad SMARTS) is 2. The predicted molar refractivity (Wildman–Crippen MR) is 76.2 cm³/mol. The topological polar surface area (TPSA) is 133 Å². The van der Waals surface area contributed by atoms with Gasteiger partial charge in [-0.3, -0.25) is 10.1 Å². The van der Waals surface area contributed by atoms with Gasteiger partial charge in [-0.1, -0.05) is 13.3 Å². The highest BCUT2D eigenvalue weighted by Gasteiger charge is 2.45. The first kappa shape index (κ1) is 19.7. The van der Waals surface area contributed by atoms with E-state index >= 15 is 0 Å². The first-order valence-electron chi connectivity index (χ1n) is 6.47. The lowest BCUT2D eigenvalue weighted by atomic mass is 10.1. The van der Waals surface area contributed by atoms with Gasteiger partial charge in [-0.2, -0.15) is 11.8 Å². The number of unbranched alkanes of at least 4 members (excludes halogenated alkanes) is 1. The number of carbonyl (C=O) groups is 3. The fraction of sp³-hybridized carbons (Fsp3) is 0.750. The maximum absolute atomic E-state index is 11.7. The third kappa shape index (κ3) is 6.32. The van der Waals surface area contributed by atoms with E-state index in [0.717, 1.165) is 25.5 Å². The molecule has 0 aromatic rings. The Kier molecular flexibility index (Phi) is 8.98. The molecule has 0 aliphatic heterocycles. The summed E-state index contributed by atoms with van der Waals surface area (Å²) in [6.07, 6.45) is 2.21. The van der Waals surface area contributed by atoms with Crippen LogP contribution in [0.15, 0.2) is 0 Å². The first-order valence-corrected chi connectivity index (χ1v) is 7.62. The molecule has 1 amide bonds. The number of rotatable bonds is 11. The van der Waals surface area contributed by atoms with Gasteiger partial charge in [-0.25, -0.2) is 14.5 Å². The van der Waals surface area contributed by atoms with Crippen LogP contribution in [0.3, 0.4) is 0 Å².